The summed E-state index contributed by atoms with van der Waals surface area (Å²) in [5.41, 5.74) is 1.52. The predicted octanol–water partition coefficient (Wildman–Crippen LogP) is 4.87. The van der Waals surface area contributed by atoms with E-state index >= 15 is 0 Å². The molecule has 0 bridgehead atoms. The number of amides is 1. The summed E-state index contributed by atoms with van der Waals surface area (Å²) in [5, 5.41) is 3.47. The maximum Gasteiger partial charge on any atom is 0.243 e. The van der Waals surface area contributed by atoms with Gasteiger partial charge in [0.25, 0.3) is 0 Å². The van der Waals surface area contributed by atoms with Gasteiger partial charge in [0.2, 0.25) is 15.9 Å². The molecule has 168 valence electrons. The van der Waals surface area contributed by atoms with Crippen molar-refractivity contribution in [2.75, 3.05) is 25.0 Å². The smallest absolute Gasteiger partial charge is 0.243 e. The van der Waals surface area contributed by atoms with Crippen LogP contribution in [0.2, 0.25) is 5.02 Å². The van der Waals surface area contributed by atoms with Gasteiger partial charge in [-0.05, 0) is 80.1 Å². The third-order valence-electron chi connectivity index (χ3n) is 5.34. The fourth-order valence-electron chi connectivity index (χ4n) is 3.64. The van der Waals surface area contributed by atoms with E-state index < -0.39 is 10.0 Å². The Balaban J connectivity index is 1.47. The quantitative estimate of drug-likeness (QED) is 0.565. The number of benzene rings is 2. The van der Waals surface area contributed by atoms with Gasteiger partial charge in [-0.1, -0.05) is 18.5 Å². The number of hydrogen-bond donors (Lipinski definition) is 1. The lowest BCUT2D eigenvalue weighted by Gasteiger charge is -2.30. The van der Waals surface area contributed by atoms with Crippen molar-refractivity contribution < 1.29 is 17.9 Å². The molecular weight excluding hydrogens is 436 g/mol. The van der Waals surface area contributed by atoms with Crippen molar-refractivity contribution in [2.24, 2.45) is 5.92 Å². The summed E-state index contributed by atoms with van der Waals surface area (Å²) >= 11 is 5.93. The lowest BCUT2D eigenvalue weighted by atomic mass is 10.0. The topological polar surface area (TPSA) is 75.7 Å². The number of carbonyl (C=O) groups is 1. The molecule has 2 aromatic rings. The zero-order chi connectivity index (χ0) is 22.4. The summed E-state index contributed by atoms with van der Waals surface area (Å²) in [6.07, 6.45) is 2.81. The minimum absolute atomic E-state index is 0.142. The Kier molecular flexibility index (Phi) is 7.97. The Morgan fingerprint density at radius 2 is 1.97 bits per heavy atom. The van der Waals surface area contributed by atoms with Crippen LogP contribution in [-0.4, -0.2) is 38.3 Å². The molecule has 3 rings (SSSR count). The van der Waals surface area contributed by atoms with Crippen molar-refractivity contribution in [3.8, 4) is 5.75 Å². The van der Waals surface area contributed by atoms with E-state index in [4.69, 9.17) is 16.3 Å². The fraction of sp³-hybridized carbons (Fsp3) is 0.435. The number of ether oxygens (including phenoxy) is 1. The zero-order valence-corrected chi connectivity index (χ0v) is 19.5. The highest BCUT2D eigenvalue weighted by Crippen LogP contribution is 2.25. The van der Waals surface area contributed by atoms with Crippen molar-refractivity contribution in [1.82, 2.24) is 4.31 Å². The second-order valence-corrected chi connectivity index (χ2v) is 10.4. The maximum absolute atomic E-state index is 12.8. The average Bonchev–Trinajstić information content (AvgIpc) is 2.73. The van der Waals surface area contributed by atoms with Gasteiger partial charge >= 0.3 is 0 Å². The number of piperidine rings is 1. The molecule has 6 nitrogen and oxygen atoms in total. The highest BCUT2D eigenvalue weighted by molar-refractivity contribution is 7.89. The second-order valence-electron chi connectivity index (χ2n) is 8.04. The average molecular weight is 465 g/mol. The molecule has 1 N–H and O–H groups in total. The number of anilines is 1. The maximum atomic E-state index is 12.8. The molecule has 1 saturated heterocycles. The van der Waals surface area contributed by atoms with E-state index in [1.165, 1.54) is 0 Å². The third-order valence-corrected chi connectivity index (χ3v) is 7.45. The number of nitrogens with zero attached hydrogens (tertiary/aromatic N) is 1. The Labute approximate surface area is 189 Å². The van der Waals surface area contributed by atoms with Crippen LogP contribution >= 0.6 is 11.6 Å². The number of halogens is 1. The van der Waals surface area contributed by atoms with Gasteiger partial charge in [-0.25, -0.2) is 8.42 Å². The van der Waals surface area contributed by atoms with Gasteiger partial charge in [-0.3, -0.25) is 4.79 Å². The van der Waals surface area contributed by atoms with E-state index in [-0.39, 0.29) is 10.8 Å². The van der Waals surface area contributed by atoms with E-state index in [2.05, 4.69) is 12.2 Å². The van der Waals surface area contributed by atoms with Crippen molar-refractivity contribution in [1.29, 1.82) is 0 Å². The minimum Gasteiger partial charge on any atom is -0.493 e. The monoisotopic (exact) mass is 464 g/mol. The van der Waals surface area contributed by atoms with Crippen LogP contribution in [-0.2, 0) is 14.8 Å². The Bertz CT molecular complexity index is 1010. The summed E-state index contributed by atoms with van der Waals surface area (Å²) in [6, 6.07) is 11.8. The van der Waals surface area contributed by atoms with E-state index in [9.17, 15) is 13.2 Å². The van der Waals surface area contributed by atoms with Gasteiger partial charge in [0, 0.05) is 30.2 Å². The standard InChI is InChI=1S/C23H29ClN2O4S/c1-17-5-3-13-26(16-17)31(28,29)21-10-8-20(9-11-21)25-23(27)6-4-14-30-22-12-7-19(24)15-18(22)2/h7-12,15,17H,3-6,13-14,16H2,1-2H3,(H,25,27). The second kappa shape index (κ2) is 10.5. The Morgan fingerprint density at radius 3 is 2.65 bits per heavy atom. The zero-order valence-electron chi connectivity index (χ0n) is 17.9. The highest BCUT2D eigenvalue weighted by Gasteiger charge is 2.28. The van der Waals surface area contributed by atoms with E-state index in [1.807, 2.05) is 19.1 Å². The van der Waals surface area contributed by atoms with Crippen LogP contribution in [0.4, 0.5) is 5.69 Å². The van der Waals surface area contributed by atoms with Crippen LogP contribution in [0.1, 0.15) is 38.2 Å². The molecule has 0 saturated carbocycles. The summed E-state index contributed by atoms with van der Waals surface area (Å²) in [4.78, 5) is 12.4. The largest absolute Gasteiger partial charge is 0.493 e. The fourth-order valence-corrected chi connectivity index (χ4v) is 5.46. The number of hydrogen-bond acceptors (Lipinski definition) is 4. The summed E-state index contributed by atoms with van der Waals surface area (Å²) in [5.74, 6) is 0.983. The summed E-state index contributed by atoms with van der Waals surface area (Å²) in [7, 11) is -3.49. The van der Waals surface area contributed by atoms with Crippen molar-refractivity contribution >= 4 is 33.2 Å². The summed E-state index contributed by atoms with van der Waals surface area (Å²) < 4.78 is 32.9. The van der Waals surface area contributed by atoms with Crippen LogP contribution in [0.25, 0.3) is 0 Å². The third kappa shape index (κ3) is 6.45. The molecule has 1 unspecified atom stereocenters. The molecule has 0 aliphatic carbocycles. The van der Waals surface area contributed by atoms with Crippen LogP contribution < -0.4 is 10.1 Å². The molecule has 1 atom stereocenters. The van der Waals surface area contributed by atoms with Crippen molar-refractivity contribution in [3.63, 3.8) is 0 Å². The molecule has 31 heavy (non-hydrogen) atoms. The molecule has 1 amide bonds. The number of sulfonamides is 1. The van der Waals surface area contributed by atoms with E-state index in [0.717, 1.165) is 24.2 Å². The molecule has 1 aliphatic rings. The lowest BCUT2D eigenvalue weighted by molar-refractivity contribution is -0.116. The van der Waals surface area contributed by atoms with Gasteiger partial charge in [0.15, 0.2) is 0 Å². The molecule has 1 heterocycles. The van der Waals surface area contributed by atoms with E-state index in [1.54, 1.807) is 34.6 Å². The van der Waals surface area contributed by atoms with Gasteiger partial charge in [0.05, 0.1) is 11.5 Å². The number of carbonyl (C=O) groups excluding carboxylic acids is 1. The number of rotatable bonds is 8. The molecule has 0 spiro atoms. The molecule has 2 aromatic carbocycles. The Hall–Kier alpha value is -2.09. The van der Waals surface area contributed by atoms with Gasteiger partial charge < -0.3 is 10.1 Å². The minimum atomic E-state index is -3.49. The van der Waals surface area contributed by atoms with Crippen LogP contribution in [0.15, 0.2) is 47.4 Å². The van der Waals surface area contributed by atoms with Crippen molar-refractivity contribution in [2.45, 2.75) is 44.4 Å². The molecular formula is C23H29ClN2O4S. The molecule has 0 aromatic heterocycles. The normalized spacial score (nSPS) is 17.3. The first-order chi connectivity index (χ1) is 14.8. The molecule has 0 radical (unpaired) electrons. The van der Waals surface area contributed by atoms with E-state index in [0.29, 0.717) is 49.2 Å². The highest BCUT2D eigenvalue weighted by atomic mass is 35.5. The van der Waals surface area contributed by atoms with Crippen LogP contribution in [0, 0.1) is 12.8 Å². The predicted molar refractivity (Wildman–Crippen MR) is 123 cm³/mol. The van der Waals surface area contributed by atoms with Crippen LogP contribution in [0.5, 0.6) is 5.75 Å². The van der Waals surface area contributed by atoms with Gasteiger partial charge in [-0.15, -0.1) is 0 Å². The SMILES string of the molecule is Cc1cc(Cl)ccc1OCCCC(=O)Nc1ccc(S(=O)(=O)N2CCCC(C)C2)cc1. The molecule has 1 fully saturated rings. The van der Waals surface area contributed by atoms with Crippen molar-refractivity contribution in [3.05, 3.63) is 53.1 Å². The number of nitrogens with one attached hydrogen (secondary N) is 1. The van der Waals surface area contributed by atoms with Gasteiger partial charge in [-0.2, -0.15) is 4.31 Å². The first-order valence-electron chi connectivity index (χ1n) is 10.5. The van der Waals surface area contributed by atoms with Crippen LogP contribution in [0.3, 0.4) is 0 Å². The molecule has 1 aliphatic heterocycles. The summed E-state index contributed by atoms with van der Waals surface area (Å²) in [6.45, 7) is 5.52. The first-order valence-corrected chi connectivity index (χ1v) is 12.4. The Morgan fingerprint density at radius 1 is 1.23 bits per heavy atom. The van der Waals surface area contributed by atoms with Gasteiger partial charge in [0.1, 0.15) is 5.75 Å². The first kappa shape index (κ1) is 23.6. The lowest BCUT2D eigenvalue weighted by Crippen LogP contribution is -2.39. The number of aryl methyl sites for hydroxylation is 1. The molecule has 8 heteroatoms.